The molecule has 0 atom stereocenters. The zero-order valence-electron chi connectivity index (χ0n) is 18.3. The van der Waals surface area contributed by atoms with Gasteiger partial charge in [0.15, 0.2) is 5.82 Å². The van der Waals surface area contributed by atoms with Crippen LogP contribution in [0.3, 0.4) is 0 Å². The third-order valence-electron chi connectivity index (χ3n) is 5.74. The number of aromatic nitrogens is 5. The molecular weight excluding hydrogens is 454 g/mol. The quantitative estimate of drug-likeness (QED) is 0.391. The number of piperazine rings is 1. The maximum absolute atomic E-state index is 6.13. The fourth-order valence-electron chi connectivity index (χ4n) is 4.02. The number of hydrogen-bond acceptors (Lipinski definition) is 6. The van der Waals surface area contributed by atoms with Gasteiger partial charge >= 0.3 is 0 Å². The normalized spacial score (nSPS) is 14.5. The highest BCUT2D eigenvalue weighted by molar-refractivity contribution is 7.71. The lowest BCUT2D eigenvalue weighted by Crippen LogP contribution is -2.47. The Morgan fingerprint density at radius 2 is 1.67 bits per heavy atom. The van der Waals surface area contributed by atoms with Crippen molar-refractivity contribution in [3.63, 3.8) is 0 Å². The first kappa shape index (κ1) is 21.8. The van der Waals surface area contributed by atoms with E-state index in [-0.39, 0.29) is 0 Å². The van der Waals surface area contributed by atoms with Crippen LogP contribution < -0.4 is 4.90 Å². The Morgan fingerprint density at radius 1 is 0.939 bits per heavy atom. The van der Waals surface area contributed by atoms with Gasteiger partial charge in [0.25, 0.3) is 0 Å². The lowest BCUT2D eigenvalue weighted by atomic mass is 10.2. The molecule has 2 aromatic carbocycles. The van der Waals surface area contributed by atoms with Crippen molar-refractivity contribution in [2.45, 2.75) is 13.6 Å². The summed E-state index contributed by atoms with van der Waals surface area (Å²) in [5.41, 5.74) is 3.14. The second kappa shape index (κ2) is 9.43. The van der Waals surface area contributed by atoms with E-state index < -0.39 is 0 Å². The van der Waals surface area contributed by atoms with Gasteiger partial charge in [-0.3, -0.25) is 9.47 Å². The lowest BCUT2D eigenvalue weighted by Gasteiger charge is -2.34. The van der Waals surface area contributed by atoms with Crippen molar-refractivity contribution >= 4 is 29.8 Å². The van der Waals surface area contributed by atoms with Gasteiger partial charge in [0, 0.05) is 49.2 Å². The molecular formula is C24H24ClN7S. The Labute approximate surface area is 202 Å². The van der Waals surface area contributed by atoms with Crippen LogP contribution in [0.15, 0.2) is 67.0 Å². The van der Waals surface area contributed by atoms with Crippen LogP contribution in [0, 0.1) is 11.7 Å². The number of benzene rings is 2. The highest BCUT2D eigenvalue weighted by Crippen LogP contribution is 2.25. The minimum Gasteiger partial charge on any atom is -0.338 e. The van der Waals surface area contributed by atoms with Crippen molar-refractivity contribution in [2.75, 3.05) is 31.1 Å². The minimum atomic E-state index is 0.627. The number of aryl methyl sites for hydroxylation is 1. The smallest absolute Gasteiger partial charge is 0.225 e. The molecule has 1 aliphatic rings. The summed E-state index contributed by atoms with van der Waals surface area (Å²) in [4.78, 5) is 13.3. The highest BCUT2D eigenvalue weighted by Gasteiger charge is 2.21. The van der Waals surface area contributed by atoms with Crippen molar-refractivity contribution in [1.82, 2.24) is 29.2 Å². The molecule has 0 unspecified atom stereocenters. The van der Waals surface area contributed by atoms with Crippen LogP contribution in [0.2, 0.25) is 5.02 Å². The van der Waals surface area contributed by atoms with E-state index in [1.807, 2.05) is 45.6 Å². The second-order valence-corrected chi connectivity index (χ2v) is 8.88. The molecule has 3 heterocycles. The molecule has 0 radical (unpaired) electrons. The van der Waals surface area contributed by atoms with E-state index in [0.29, 0.717) is 16.5 Å². The third-order valence-corrected chi connectivity index (χ3v) is 6.39. The van der Waals surface area contributed by atoms with Gasteiger partial charge in [-0.25, -0.2) is 14.6 Å². The Hall–Kier alpha value is -3.07. The summed E-state index contributed by atoms with van der Waals surface area (Å²) < 4.78 is 4.62. The maximum Gasteiger partial charge on any atom is 0.225 e. The summed E-state index contributed by atoms with van der Waals surface area (Å²) in [6.07, 6.45) is 3.56. The van der Waals surface area contributed by atoms with Crippen molar-refractivity contribution in [2.24, 2.45) is 0 Å². The SMILES string of the molecule is Cc1cccc(-n2c(-c3ccc(Cl)cc3)nn(CN3CCN(c4ncccn4)CC3)c2=S)c1. The van der Waals surface area contributed by atoms with Crippen LogP contribution in [-0.4, -0.2) is 55.4 Å². The molecule has 2 aromatic heterocycles. The molecule has 0 saturated carbocycles. The van der Waals surface area contributed by atoms with Gasteiger partial charge in [-0.15, -0.1) is 5.10 Å². The second-order valence-electron chi connectivity index (χ2n) is 8.08. The van der Waals surface area contributed by atoms with E-state index in [9.17, 15) is 0 Å². The van der Waals surface area contributed by atoms with Crippen LogP contribution in [0.4, 0.5) is 5.95 Å². The number of rotatable bonds is 5. The molecule has 1 saturated heterocycles. The first-order chi connectivity index (χ1) is 16.1. The Bertz CT molecular complexity index is 1290. The average Bonchev–Trinajstić information content (AvgIpc) is 3.16. The van der Waals surface area contributed by atoms with Gasteiger partial charge in [-0.05, 0) is 67.2 Å². The number of halogens is 1. The fraction of sp³-hybridized carbons (Fsp3) is 0.250. The Morgan fingerprint density at radius 3 is 2.36 bits per heavy atom. The number of nitrogens with zero attached hydrogens (tertiary/aromatic N) is 7. The summed E-state index contributed by atoms with van der Waals surface area (Å²) in [5, 5.41) is 5.63. The fourth-order valence-corrected chi connectivity index (χ4v) is 4.44. The molecule has 5 rings (SSSR count). The molecule has 0 spiro atoms. The molecule has 4 aromatic rings. The van der Waals surface area contributed by atoms with Crippen LogP contribution >= 0.6 is 23.8 Å². The molecule has 0 bridgehead atoms. The van der Waals surface area contributed by atoms with E-state index >= 15 is 0 Å². The summed E-state index contributed by atoms with van der Waals surface area (Å²) in [6, 6.07) is 17.9. The number of anilines is 1. The average molecular weight is 478 g/mol. The van der Waals surface area contributed by atoms with Crippen molar-refractivity contribution in [1.29, 1.82) is 0 Å². The van der Waals surface area contributed by atoms with E-state index in [2.05, 4.69) is 44.9 Å². The maximum atomic E-state index is 6.13. The predicted molar refractivity (Wildman–Crippen MR) is 133 cm³/mol. The van der Waals surface area contributed by atoms with Gasteiger partial charge in [-0.1, -0.05) is 23.7 Å². The zero-order valence-corrected chi connectivity index (χ0v) is 19.9. The van der Waals surface area contributed by atoms with E-state index in [1.54, 1.807) is 12.4 Å². The van der Waals surface area contributed by atoms with E-state index in [0.717, 1.165) is 49.2 Å². The summed E-state index contributed by atoms with van der Waals surface area (Å²) >= 11 is 12.0. The molecule has 0 N–H and O–H groups in total. The van der Waals surface area contributed by atoms with Crippen molar-refractivity contribution < 1.29 is 0 Å². The number of hydrogen-bond donors (Lipinski definition) is 0. The predicted octanol–water partition coefficient (Wildman–Crippen LogP) is 4.60. The topological polar surface area (TPSA) is 55.0 Å². The largest absolute Gasteiger partial charge is 0.338 e. The molecule has 0 aliphatic carbocycles. The molecule has 168 valence electrons. The summed E-state index contributed by atoms with van der Waals surface area (Å²) in [7, 11) is 0. The van der Waals surface area contributed by atoms with Gasteiger partial charge < -0.3 is 4.90 Å². The standard InChI is InChI=1S/C24H24ClN7S/c1-18-4-2-5-21(16-18)32-22(19-6-8-20(25)9-7-19)28-31(24(32)33)17-29-12-14-30(15-13-29)23-26-10-3-11-27-23/h2-11,16H,12-15,17H2,1H3. The van der Waals surface area contributed by atoms with E-state index in [4.69, 9.17) is 28.9 Å². The van der Waals surface area contributed by atoms with Crippen molar-refractivity contribution in [3.8, 4) is 17.1 Å². The highest BCUT2D eigenvalue weighted by atomic mass is 35.5. The molecule has 7 nitrogen and oxygen atoms in total. The molecule has 1 aliphatic heterocycles. The van der Waals surface area contributed by atoms with Gasteiger partial charge in [0.05, 0.1) is 12.4 Å². The minimum absolute atomic E-state index is 0.627. The van der Waals surface area contributed by atoms with Gasteiger partial charge in [0.2, 0.25) is 10.7 Å². The van der Waals surface area contributed by atoms with Crippen LogP contribution in [0.5, 0.6) is 0 Å². The monoisotopic (exact) mass is 477 g/mol. The summed E-state index contributed by atoms with van der Waals surface area (Å²) in [6.45, 7) is 6.19. The third kappa shape index (κ3) is 4.68. The Kier molecular flexibility index (Phi) is 6.22. The van der Waals surface area contributed by atoms with Gasteiger partial charge in [-0.2, -0.15) is 0 Å². The van der Waals surface area contributed by atoms with Crippen LogP contribution in [0.1, 0.15) is 5.56 Å². The van der Waals surface area contributed by atoms with Crippen LogP contribution in [0.25, 0.3) is 17.1 Å². The zero-order chi connectivity index (χ0) is 22.8. The molecule has 9 heteroatoms. The summed E-state index contributed by atoms with van der Waals surface area (Å²) in [5.74, 6) is 1.58. The Balaban J connectivity index is 1.43. The van der Waals surface area contributed by atoms with Gasteiger partial charge in [0.1, 0.15) is 0 Å². The molecule has 0 amide bonds. The van der Waals surface area contributed by atoms with Crippen LogP contribution in [-0.2, 0) is 6.67 Å². The molecule has 1 fully saturated rings. The first-order valence-electron chi connectivity index (χ1n) is 10.9. The lowest BCUT2D eigenvalue weighted by molar-refractivity contribution is 0.193. The van der Waals surface area contributed by atoms with Crippen molar-refractivity contribution in [3.05, 3.63) is 82.3 Å². The first-order valence-corrected chi connectivity index (χ1v) is 11.6. The van der Waals surface area contributed by atoms with E-state index in [1.165, 1.54) is 5.56 Å². The molecule has 33 heavy (non-hydrogen) atoms.